The van der Waals surface area contributed by atoms with Crippen LogP contribution in [0.3, 0.4) is 0 Å². The first kappa shape index (κ1) is 13.8. The molecule has 0 fully saturated rings. The predicted molar refractivity (Wildman–Crippen MR) is 76.5 cm³/mol. The molecule has 1 rings (SSSR count). The molecule has 0 radical (unpaired) electrons. The second-order valence-electron chi connectivity index (χ2n) is 5.12. The minimum Gasteiger partial charge on any atom is -0.0928 e. The van der Waals surface area contributed by atoms with Crippen molar-refractivity contribution < 1.29 is 0 Å². The smallest absolute Gasteiger partial charge is 0.00395 e. The van der Waals surface area contributed by atoms with E-state index in [1.165, 1.54) is 36.8 Å². The number of hydrogen-bond donors (Lipinski definition) is 0. The fraction of sp³-hybridized carbons (Fsp3) is 0.600. The minimum absolute atomic E-state index is 0.285. The van der Waals surface area contributed by atoms with Gasteiger partial charge in [0, 0.05) is 5.33 Å². The van der Waals surface area contributed by atoms with E-state index >= 15 is 0 Å². The van der Waals surface area contributed by atoms with Gasteiger partial charge in [-0.3, -0.25) is 0 Å². The van der Waals surface area contributed by atoms with Crippen LogP contribution in [0.1, 0.15) is 51.2 Å². The van der Waals surface area contributed by atoms with E-state index in [2.05, 4.69) is 61.0 Å². The lowest BCUT2D eigenvalue weighted by Crippen LogP contribution is -2.17. The summed E-state index contributed by atoms with van der Waals surface area (Å²) in [5, 5.41) is 1.07. The van der Waals surface area contributed by atoms with Gasteiger partial charge < -0.3 is 0 Å². The molecule has 0 aromatic heterocycles. The Balaban J connectivity index is 2.70. The summed E-state index contributed by atoms with van der Waals surface area (Å²) in [6.45, 7) is 6.87. The lowest BCUT2D eigenvalue weighted by atomic mass is 9.82. The molecule has 0 saturated heterocycles. The van der Waals surface area contributed by atoms with E-state index in [0.29, 0.717) is 0 Å². The van der Waals surface area contributed by atoms with Gasteiger partial charge in [0.2, 0.25) is 0 Å². The first-order valence-corrected chi connectivity index (χ1v) is 7.37. The molecule has 16 heavy (non-hydrogen) atoms. The third-order valence-electron chi connectivity index (χ3n) is 3.27. The molecule has 0 bridgehead atoms. The van der Waals surface area contributed by atoms with Gasteiger partial charge in [-0.25, -0.2) is 0 Å². The number of alkyl halides is 1. The monoisotopic (exact) mass is 282 g/mol. The van der Waals surface area contributed by atoms with E-state index < -0.39 is 0 Å². The molecule has 0 heterocycles. The third-order valence-corrected chi connectivity index (χ3v) is 3.67. The van der Waals surface area contributed by atoms with Crippen LogP contribution in [0.15, 0.2) is 24.3 Å². The van der Waals surface area contributed by atoms with E-state index in [1.807, 2.05) is 0 Å². The Morgan fingerprint density at radius 3 is 2.25 bits per heavy atom. The predicted octanol–water partition coefficient (Wildman–Crippen LogP) is 5.09. The summed E-state index contributed by atoms with van der Waals surface area (Å²) in [5.41, 5.74) is 3.21. The highest BCUT2D eigenvalue weighted by Gasteiger charge is 2.19. The molecular weight excluding hydrogens is 260 g/mol. The lowest BCUT2D eigenvalue weighted by Gasteiger charge is -2.24. The maximum atomic E-state index is 3.53. The van der Waals surface area contributed by atoms with Crippen LogP contribution in [0, 0.1) is 0 Å². The molecule has 0 spiro atoms. The Morgan fingerprint density at radius 2 is 1.75 bits per heavy atom. The van der Waals surface area contributed by atoms with Gasteiger partial charge >= 0.3 is 0 Å². The maximum Gasteiger partial charge on any atom is 0.00395 e. The lowest BCUT2D eigenvalue weighted by molar-refractivity contribution is 0.512. The van der Waals surface area contributed by atoms with Crippen molar-refractivity contribution in [3.8, 4) is 0 Å². The van der Waals surface area contributed by atoms with Crippen LogP contribution < -0.4 is 0 Å². The Kier molecular flexibility index (Phi) is 5.54. The largest absolute Gasteiger partial charge is 0.0928 e. The van der Waals surface area contributed by atoms with E-state index in [4.69, 9.17) is 0 Å². The van der Waals surface area contributed by atoms with Crippen molar-refractivity contribution in [1.29, 1.82) is 0 Å². The summed E-state index contributed by atoms with van der Waals surface area (Å²) in [5.74, 6) is 0. The van der Waals surface area contributed by atoms with Crippen LogP contribution in [0.25, 0.3) is 0 Å². The van der Waals surface area contributed by atoms with Gasteiger partial charge in [-0.05, 0) is 35.8 Å². The molecule has 0 atom stereocenters. The summed E-state index contributed by atoms with van der Waals surface area (Å²) in [6, 6.07) is 9.18. The number of unbranched alkanes of at least 4 members (excludes halogenated alkanes) is 1. The van der Waals surface area contributed by atoms with E-state index in [0.717, 1.165) is 5.33 Å². The SMILES string of the molecule is CCCCc1ccc(C(C)(C)CCBr)cc1. The average molecular weight is 283 g/mol. The van der Waals surface area contributed by atoms with Gasteiger partial charge in [0.05, 0.1) is 0 Å². The second kappa shape index (κ2) is 6.44. The van der Waals surface area contributed by atoms with Crippen LogP contribution in [0.5, 0.6) is 0 Å². The van der Waals surface area contributed by atoms with Gasteiger partial charge in [0.15, 0.2) is 0 Å². The highest BCUT2D eigenvalue weighted by atomic mass is 79.9. The molecule has 0 N–H and O–H groups in total. The molecule has 0 aliphatic rings. The molecule has 1 aromatic carbocycles. The van der Waals surface area contributed by atoms with Crippen molar-refractivity contribution in [2.75, 3.05) is 5.33 Å². The van der Waals surface area contributed by atoms with E-state index in [-0.39, 0.29) is 5.41 Å². The highest BCUT2D eigenvalue weighted by molar-refractivity contribution is 9.09. The molecule has 0 aliphatic carbocycles. The maximum absolute atomic E-state index is 3.53. The first-order chi connectivity index (χ1) is 7.60. The van der Waals surface area contributed by atoms with E-state index in [9.17, 15) is 0 Å². The fourth-order valence-corrected chi connectivity index (χ4v) is 2.88. The first-order valence-electron chi connectivity index (χ1n) is 6.25. The van der Waals surface area contributed by atoms with Gasteiger partial charge in [0.25, 0.3) is 0 Å². The Labute approximate surface area is 109 Å². The van der Waals surface area contributed by atoms with Gasteiger partial charge in [0.1, 0.15) is 0 Å². The highest BCUT2D eigenvalue weighted by Crippen LogP contribution is 2.28. The molecule has 0 amide bonds. The fourth-order valence-electron chi connectivity index (χ4n) is 1.88. The quantitative estimate of drug-likeness (QED) is 0.638. The van der Waals surface area contributed by atoms with Crippen molar-refractivity contribution in [1.82, 2.24) is 0 Å². The summed E-state index contributed by atoms with van der Waals surface area (Å²) in [6.07, 6.45) is 4.97. The average Bonchev–Trinajstić information content (AvgIpc) is 2.27. The molecule has 1 heteroatoms. The van der Waals surface area contributed by atoms with Gasteiger partial charge in [-0.1, -0.05) is 67.4 Å². The van der Waals surface area contributed by atoms with Crippen LogP contribution in [-0.4, -0.2) is 5.33 Å². The zero-order chi connectivity index (χ0) is 12.0. The molecular formula is C15H23Br. The van der Waals surface area contributed by atoms with Crippen LogP contribution in [0.2, 0.25) is 0 Å². The number of rotatable bonds is 6. The van der Waals surface area contributed by atoms with E-state index in [1.54, 1.807) is 0 Å². The number of halogens is 1. The van der Waals surface area contributed by atoms with Crippen molar-refractivity contribution in [2.24, 2.45) is 0 Å². The summed E-state index contributed by atoms with van der Waals surface area (Å²) >= 11 is 3.53. The van der Waals surface area contributed by atoms with Crippen molar-refractivity contribution in [2.45, 2.75) is 51.9 Å². The van der Waals surface area contributed by atoms with Crippen LogP contribution >= 0.6 is 15.9 Å². The minimum atomic E-state index is 0.285. The Hall–Kier alpha value is -0.300. The topological polar surface area (TPSA) is 0 Å². The molecule has 0 aliphatic heterocycles. The number of benzene rings is 1. The number of aryl methyl sites for hydroxylation is 1. The van der Waals surface area contributed by atoms with Crippen molar-refractivity contribution >= 4 is 15.9 Å². The summed E-state index contributed by atoms with van der Waals surface area (Å²) in [7, 11) is 0. The summed E-state index contributed by atoms with van der Waals surface area (Å²) < 4.78 is 0. The van der Waals surface area contributed by atoms with Crippen LogP contribution in [-0.2, 0) is 11.8 Å². The normalized spacial score (nSPS) is 11.8. The number of hydrogen-bond acceptors (Lipinski definition) is 0. The van der Waals surface area contributed by atoms with Crippen molar-refractivity contribution in [3.05, 3.63) is 35.4 Å². The Morgan fingerprint density at radius 1 is 1.12 bits per heavy atom. The molecule has 1 aromatic rings. The zero-order valence-corrected chi connectivity index (χ0v) is 12.3. The van der Waals surface area contributed by atoms with Gasteiger partial charge in [-0.15, -0.1) is 0 Å². The zero-order valence-electron chi connectivity index (χ0n) is 10.7. The molecule has 0 saturated carbocycles. The second-order valence-corrected chi connectivity index (χ2v) is 5.92. The molecule has 0 unspecified atom stereocenters. The summed E-state index contributed by atoms with van der Waals surface area (Å²) in [4.78, 5) is 0. The molecule has 0 nitrogen and oxygen atoms in total. The molecule has 90 valence electrons. The van der Waals surface area contributed by atoms with Crippen LogP contribution in [0.4, 0.5) is 0 Å². The van der Waals surface area contributed by atoms with Gasteiger partial charge in [-0.2, -0.15) is 0 Å². The third kappa shape index (κ3) is 3.93. The Bertz CT molecular complexity index is 298. The standard InChI is InChI=1S/C15H23Br/c1-4-5-6-13-7-9-14(10-8-13)15(2,3)11-12-16/h7-10H,4-6,11-12H2,1-3H3. The van der Waals surface area contributed by atoms with Crippen molar-refractivity contribution in [3.63, 3.8) is 0 Å².